The summed E-state index contributed by atoms with van der Waals surface area (Å²) in [6.45, 7) is 3.55. The number of ether oxygens (including phenoxy) is 2. The van der Waals surface area contributed by atoms with E-state index < -0.39 is 0 Å². The maximum Gasteiger partial charge on any atom is 0.127 e. The summed E-state index contributed by atoms with van der Waals surface area (Å²) in [7, 11) is 1.69. The molecule has 1 aliphatic heterocycles. The second kappa shape index (κ2) is 7.02. The van der Waals surface area contributed by atoms with E-state index in [2.05, 4.69) is 18.3 Å². The molecule has 2 aromatic rings. The number of hydrogen-bond donors (Lipinski definition) is 2. The van der Waals surface area contributed by atoms with Crippen LogP contribution >= 0.6 is 0 Å². The fraction of sp³-hybridized carbons (Fsp3) is 0.368. The van der Waals surface area contributed by atoms with Gasteiger partial charge in [0, 0.05) is 30.6 Å². The predicted octanol–water partition coefficient (Wildman–Crippen LogP) is 2.80. The summed E-state index contributed by atoms with van der Waals surface area (Å²) in [6.07, 6.45) is 1.14. The quantitative estimate of drug-likeness (QED) is 0.861. The summed E-state index contributed by atoms with van der Waals surface area (Å²) >= 11 is 0. The van der Waals surface area contributed by atoms with Crippen molar-refractivity contribution in [2.24, 2.45) is 0 Å². The van der Waals surface area contributed by atoms with Gasteiger partial charge in [0.25, 0.3) is 0 Å². The largest absolute Gasteiger partial charge is 0.497 e. The third kappa shape index (κ3) is 3.49. The fourth-order valence-corrected chi connectivity index (χ4v) is 3.04. The number of fused-ring (bicyclic) bond motifs is 1. The Morgan fingerprint density at radius 1 is 1.17 bits per heavy atom. The van der Waals surface area contributed by atoms with Crippen LogP contribution < -0.4 is 14.8 Å². The van der Waals surface area contributed by atoms with Crippen LogP contribution in [0.4, 0.5) is 0 Å². The lowest BCUT2D eigenvalue weighted by Gasteiger charge is -2.13. The Morgan fingerprint density at radius 2 is 1.91 bits per heavy atom. The van der Waals surface area contributed by atoms with Gasteiger partial charge in [0.15, 0.2) is 0 Å². The average Bonchev–Trinajstić information content (AvgIpc) is 2.95. The highest BCUT2D eigenvalue weighted by Gasteiger charge is 2.23. The van der Waals surface area contributed by atoms with E-state index in [1.165, 1.54) is 5.56 Å². The average molecular weight is 313 g/mol. The first-order valence-corrected chi connectivity index (χ1v) is 7.96. The van der Waals surface area contributed by atoms with E-state index in [0.29, 0.717) is 13.1 Å². The molecule has 1 aliphatic rings. The van der Waals surface area contributed by atoms with E-state index in [1.807, 2.05) is 30.3 Å². The van der Waals surface area contributed by atoms with Crippen LogP contribution in [0.15, 0.2) is 36.4 Å². The van der Waals surface area contributed by atoms with E-state index >= 15 is 0 Å². The van der Waals surface area contributed by atoms with Crippen LogP contribution in [0.5, 0.6) is 11.5 Å². The molecule has 0 saturated carbocycles. The predicted molar refractivity (Wildman–Crippen MR) is 89.7 cm³/mol. The molecule has 2 N–H and O–H groups in total. The highest BCUT2D eigenvalue weighted by Crippen LogP contribution is 2.36. The third-order valence-corrected chi connectivity index (χ3v) is 4.20. The fourth-order valence-electron chi connectivity index (χ4n) is 3.04. The van der Waals surface area contributed by atoms with Crippen molar-refractivity contribution in [1.82, 2.24) is 5.32 Å². The molecule has 1 atom stereocenters. The minimum atomic E-state index is 0.0625. The summed E-state index contributed by atoms with van der Waals surface area (Å²) in [6, 6.07) is 12.0. The van der Waals surface area contributed by atoms with Gasteiger partial charge in [-0.2, -0.15) is 0 Å². The standard InChI is InChI=1S/C19H23NO3/c1-13-7-16-8-18(22-2)9-17(19(16)23-13)11-20-10-14-5-3-4-6-15(14)12-21/h3-6,8-9,13,20-21H,7,10-12H2,1-2H3. The normalized spacial score (nSPS) is 16.0. The van der Waals surface area contributed by atoms with Crippen molar-refractivity contribution in [3.8, 4) is 11.5 Å². The summed E-state index contributed by atoms with van der Waals surface area (Å²) in [4.78, 5) is 0. The number of benzene rings is 2. The first kappa shape index (κ1) is 15.8. The second-order valence-corrected chi connectivity index (χ2v) is 5.94. The van der Waals surface area contributed by atoms with Crippen LogP contribution in [-0.2, 0) is 26.1 Å². The van der Waals surface area contributed by atoms with Gasteiger partial charge in [-0.15, -0.1) is 0 Å². The molecular formula is C19H23NO3. The van der Waals surface area contributed by atoms with Crippen molar-refractivity contribution < 1.29 is 14.6 Å². The molecule has 23 heavy (non-hydrogen) atoms. The molecule has 4 heteroatoms. The third-order valence-electron chi connectivity index (χ3n) is 4.20. The van der Waals surface area contributed by atoms with Crippen LogP contribution in [0.1, 0.15) is 29.2 Å². The smallest absolute Gasteiger partial charge is 0.127 e. The van der Waals surface area contributed by atoms with Gasteiger partial charge in [0.1, 0.15) is 17.6 Å². The second-order valence-electron chi connectivity index (χ2n) is 5.94. The van der Waals surface area contributed by atoms with E-state index in [-0.39, 0.29) is 12.7 Å². The first-order chi connectivity index (χ1) is 11.2. The molecule has 0 aliphatic carbocycles. The van der Waals surface area contributed by atoms with Crippen LogP contribution in [-0.4, -0.2) is 18.3 Å². The SMILES string of the molecule is COc1cc(CNCc2ccccc2CO)c2c(c1)CC(C)O2. The number of aliphatic hydroxyl groups is 1. The van der Waals surface area contributed by atoms with Crippen LogP contribution in [0, 0.1) is 0 Å². The number of nitrogens with one attached hydrogen (secondary N) is 1. The molecule has 0 spiro atoms. The van der Waals surface area contributed by atoms with Crippen LogP contribution in [0.3, 0.4) is 0 Å². The van der Waals surface area contributed by atoms with Gasteiger partial charge in [-0.05, 0) is 30.2 Å². The Kier molecular flexibility index (Phi) is 4.84. The van der Waals surface area contributed by atoms with Gasteiger partial charge >= 0.3 is 0 Å². The van der Waals surface area contributed by atoms with E-state index in [9.17, 15) is 5.11 Å². The van der Waals surface area contributed by atoms with Gasteiger partial charge in [-0.1, -0.05) is 24.3 Å². The molecule has 2 aromatic carbocycles. The molecule has 0 saturated heterocycles. The summed E-state index contributed by atoms with van der Waals surface area (Å²) in [5, 5.41) is 12.8. The van der Waals surface area contributed by atoms with Crippen LogP contribution in [0.2, 0.25) is 0 Å². The zero-order valence-corrected chi connectivity index (χ0v) is 13.6. The topological polar surface area (TPSA) is 50.7 Å². The lowest BCUT2D eigenvalue weighted by atomic mass is 10.1. The molecule has 122 valence electrons. The highest BCUT2D eigenvalue weighted by atomic mass is 16.5. The monoisotopic (exact) mass is 313 g/mol. The maximum atomic E-state index is 9.39. The van der Waals surface area contributed by atoms with Gasteiger partial charge < -0.3 is 19.9 Å². The lowest BCUT2D eigenvalue weighted by molar-refractivity contribution is 0.252. The molecule has 0 radical (unpaired) electrons. The lowest BCUT2D eigenvalue weighted by Crippen LogP contribution is -2.15. The maximum absolute atomic E-state index is 9.39. The van der Waals surface area contributed by atoms with Gasteiger partial charge in [0.05, 0.1) is 13.7 Å². The Hall–Kier alpha value is -2.04. The Bertz CT molecular complexity index is 684. The molecule has 1 heterocycles. The van der Waals surface area contributed by atoms with Crippen LogP contribution in [0.25, 0.3) is 0 Å². The molecule has 0 bridgehead atoms. The number of rotatable bonds is 6. The zero-order chi connectivity index (χ0) is 16.2. The molecule has 4 nitrogen and oxygen atoms in total. The Labute approximate surface area is 137 Å². The van der Waals surface area contributed by atoms with Crippen molar-refractivity contribution >= 4 is 0 Å². The molecule has 3 rings (SSSR count). The highest BCUT2D eigenvalue weighted by molar-refractivity contribution is 5.49. The van der Waals surface area contributed by atoms with E-state index in [4.69, 9.17) is 9.47 Å². The molecule has 0 aromatic heterocycles. The van der Waals surface area contributed by atoms with E-state index in [1.54, 1.807) is 7.11 Å². The minimum absolute atomic E-state index is 0.0625. The molecule has 0 amide bonds. The van der Waals surface area contributed by atoms with Crippen molar-refractivity contribution in [2.75, 3.05) is 7.11 Å². The van der Waals surface area contributed by atoms with E-state index in [0.717, 1.165) is 34.6 Å². The van der Waals surface area contributed by atoms with Crippen molar-refractivity contribution in [3.63, 3.8) is 0 Å². The first-order valence-electron chi connectivity index (χ1n) is 7.96. The van der Waals surface area contributed by atoms with Crippen molar-refractivity contribution in [2.45, 2.75) is 39.1 Å². The Morgan fingerprint density at radius 3 is 2.65 bits per heavy atom. The minimum Gasteiger partial charge on any atom is -0.497 e. The Balaban J connectivity index is 1.72. The summed E-state index contributed by atoms with van der Waals surface area (Å²) in [5.74, 6) is 1.86. The molecular weight excluding hydrogens is 290 g/mol. The summed E-state index contributed by atoms with van der Waals surface area (Å²) in [5.41, 5.74) is 4.40. The van der Waals surface area contributed by atoms with Gasteiger partial charge in [-0.3, -0.25) is 0 Å². The number of aliphatic hydroxyl groups excluding tert-OH is 1. The number of hydrogen-bond acceptors (Lipinski definition) is 4. The molecule has 0 fully saturated rings. The summed E-state index contributed by atoms with van der Waals surface area (Å²) < 4.78 is 11.3. The van der Waals surface area contributed by atoms with Crippen molar-refractivity contribution in [3.05, 3.63) is 58.7 Å². The van der Waals surface area contributed by atoms with Crippen molar-refractivity contribution in [1.29, 1.82) is 0 Å². The molecule has 1 unspecified atom stereocenters. The zero-order valence-electron chi connectivity index (χ0n) is 13.6. The van der Waals surface area contributed by atoms with Gasteiger partial charge in [-0.25, -0.2) is 0 Å². The van der Waals surface area contributed by atoms with Gasteiger partial charge in [0.2, 0.25) is 0 Å². The number of methoxy groups -OCH3 is 1.